The molecule has 0 spiro atoms. The van der Waals surface area contributed by atoms with Crippen LogP contribution in [0.3, 0.4) is 0 Å². The molecule has 20 heavy (non-hydrogen) atoms. The van der Waals surface area contributed by atoms with Crippen molar-refractivity contribution < 1.29 is 19.1 Å². The molecule has 1 aliphatic rings. The van der Waals surface area contributed by atoms with Crippen LogP contribution in [-0.2, 0) is 25.5 Å². The molecule has 0 radical (unpaired) electrons. The average molecular weight is 273 g/mol. The summed E-state index contributed by atoms with van der Waals surface area (Å²) in [6.45, 7) is 3.58. The van der Waals surface area contributed by atoms with Gasteiger partial charge in [-0.05, 0) is 31.5 Å². The van der Waals surface area contributed by atoms with Gasteiger partial charge in [-0.15, -0.1) is 0 Å². The minimum absolute atomic E-state index is 0.146. The van der Waals surface area contributed by atoms with Crippen LogP contribution >= 0.6 is 0 Å². The third-order valence-electron chi connectivity index (χ3n) is 2.72. The number of benzene rings is 1. The number of amides is 2. The van der Waals surface area contributed by atoms with E-state index in [0.29, 0.717) is 5.69 Å². The summed E-state index contributed by atoms with van der Waals surface area (Å²) >= 11 is 0. The highest BCUT2D eigenvalue weighted by atomic mass is 16.5. The van der Waals surface area contributed by atoms with E-state index in [9.17, 15) is 14.4 Å². The first kappa shape index (κ1) is 14.0. The molecule has 0 aromatic heterocycles. The number of carbonyl (C=O) groups is 3. The summed E-state index contributed by atoms with van der Waals surface area (Å²) in [5.41, 5.74) is 1.26. The van der Waals surface area contributed by atoms with Gasteiger partial charge < -0.3 is 4.74 Å². The summed E-state index contributed by atoms with van der Waals surface area (Å²) in [6, 6.07) is 6.69. The van der Waals surface area contributed by atoms with Crippen molar-refractivity contribution in [2.24, 2.45) is 0 Å². The number of nitrogens with zero attached hydrogens (tertiary/aromatic N) is 1. The summed E-state index contributed by atoms with van der Waals surface area (Å²) in [6.07, 6.45) is 2.48. The maximum atomic E-state index is 11.5. The molecule has 0 unspecified atom stereocenters. The number of rotatable bonds is 4. The Balaban J connectivity index is 2.05. The highest BCUT2D eigenvalue weighted by Gasteiger charge is 2.24. The van der Waals surface area contributed by atoms with Crippen molar-refractivity contribution >= 4 is 23.5 Å². The van der Waals surface area contributed by atoms with Gasteiger partial charge in [-0.2, -0.15) is 0 Å². The summed E-state index contributed by atoms with van der Waals surface area (Å²) in [5, 5.41) is 0. The Hall–Kier alpha value is -2.43. The number of carbonyl (C=O) groups excluding carboxylic acids is 3. The smallest absolute Gasteiger partial charge is 0.310 e. The molecule has 0 bridgehead atoms. The Morgan fingerprint density at radius 2 is 1.65 bits per heavy atom. The fraction of sp³-hybridized carbons (Fsp3) is 0.267. The van der Waals surface area contributed by atoms with Crippen LogP contribution in [0.4, 0.5) is 5.69 Å². The van der Waals surface area contributed by atoms with E-state index >= 15 is 0 Å². The quantitative estimate of drug-likeness (QED) is 0.617. The molecule has 0 aliphatic carbocycles. The van der Waals surface area contributed by atoms with Gasteiger partial charge in [-0.25, -0.2) is 4.90 Å². The van der Waals surface area contributed by atoms with Crippen LogP contribution < -0.4 is 4.90 Å². The largest absolute Gasteiger partial charge is 0.463 e. The van der Waals surface area contributed by atoms with Crippen LogP contribution in [0.15, 0.2) is 36.4 Å². The lowest BCUT2D eigenvalue weighted by molar-refractivity contribution is -0.146. The minimum atomic E-state index is -0.359. The molecule has 5 nitrogen and oxygen atoms in total. The van der Waals surface area contributed by atoms with Crippen LogP contribution in [0.25, 0.3) is 0 Å². The lowest BCUT2D eigenvalue weighted by Crippen LogP contribution is -2.29. The number of esters is 1. The summed E-state index contributed by atoms with van der Waals surface area (Å²) in [4.78, 5) is 35.6. The van der Waals surface area contributed by atoms with Crippen LogP contribution in [0, 0.1) is 0 Å². The van der Waals surface area contributed by atoms with Crippen LogP contribution in [-0.4, -0.2) is 23.9 Å². The Labute approximate surface area is 116 Å². The average Bonchev–Trinajstić information content (AvgIpc) is 2.69. The maximum Gasteiger partial charge on any atom is 0.310 e. The van der Waals surface area contributed by atoms with Crippen LogP contribution in [0.1, 0.15) is 19.4 Å². The summed E-state index contributed by atoms with van der Waals surface area (Å²) < 4.78 is 5.05. The van der Waals surface area contributed by atoms with Crippen molar-refractivity contribution in [1.29, 1.82) is 0 Å². The lowest BCUT2D eigenvalue weighted by Gasteiger charge is -2.14. The van der Waals surface area contributed by atoms with Crippen molar-refractivity contribution in [2.45, 2.75) is 26.4 Å². The molecule has 1 heterocycles. The van der Waals surface area contributed by atoms with Gasteiger partial charge in [0.25, 0.3) is 11.8 Å². The molecule has 104 valence electrons. The second kappa shape index (κ2) is 5.69. The van der Waals surface area contributed by atoms with Gasteiger partial charge in [0.2, 0.25) is 0 Å². The normalized spacial score (nSPS) is 14.2. The first-order chi connectivity index (χ1) is 9.47. The van der Waals surface area contributed by atoms with Gasteiger partial charge in [-0.1, -0.05) is 12.1 Å². The van der Waals surface area contributed by atoms with Crippen molar-refractivity contribution in [3.63, 3.8) is 0 Å². The molecule has 0 saturated heterocycles. The predicted molar refractivity (Wildman–Crippen MR) is 73.0 cm³/mol. The lowest BCUT2D eigenvalue weighted by atomic mass is 10.1. The van der Waals surface area contributed by atoms with E-state index in [4.69, 9.17) is 4.74 Å². The number of ether oxygens (including phenoxy) is 1. The molecule has 1 aromatic carbocycles. The molecule has 0 N–H and O–H groups in total. The zero-order chi connectivity index (χ0) is 14.7. The van der Waals surface area contributed by atoms with E-state index in [0.717, 1.165) is 10.5 Å². The molecule has 1 aliphatic heterocycles. The van der Waals surface area contributed by atoms with E-state index in [1.165, 1.54) is 12.2 Å². The maximum absolute atomic E-state index is 11.5. The number of anilines is 1. The summed E-state index contributed by atoms with van der Waals surface area (Å²) in [5.74, 6) is -1.02. The van der Waals surface area contributed by atoms with Crippen molar-refractivity contribution in [1.82, 2.24) is 0 Å². The zero-order valence-corrected chi connectivity index (χ0v) is 11.3. The highest BCUT2D eigenvalue weighted by molar-refractivity contribution is 6.28. The van der Waals surface area contributed by atoms with Gasteiger partial charge >= 0.3 is 5.97 Å². The number of hydrogen-bond donors (Lipinski definition) is 0. The van der Waals surface area contributed by atoms with E-state index in [2.05, 4.69) is 0 Å². The minimum Gasteiger partial charge on any atom is -0.463 e. The second-order valence-corrected chi connectivity index (χ2v) is 4.73. The SMILES string of the molecule is CC(C)OC(=O)Cc1ccc(N2C(=O)C=CC2=O)cc1. The van der Waals surface area contributed by atoms with Crippen molar-refractivity contribution in [3.05, 3.63) is 42.0 Å². The number of hydrogen-bond acceptors (Lipinski definition) is 4. The first-order valence-electron chi connectivity index (χ1n) is 6.32. The zero-order valence-electron chi connectivity index (χ0n) is 11.3. The predicted octanol–water partition coefficient (Wildman–Crippen LogP) is 1.61. The second-order valence-electron chi connectivity index (χ2n) is 4.73. The fourth-order valence-electron chi connectivity index (χ4n) is 1.89. The van der Waals surface area contributed by atoms with E-state index < -0.39 is 0 Å². The Bertz CT molecular complexity index is 554. The molecule has 1 aromatic rings. The molecule has 2 rings (SSSR count). The number of imide groups is 1. The fourth-order valence-corrected chi connectivity index (χ4v) is 1.89. The summed E-state index contributed by atoms with van der Waals surface area (Å²) in [7, 11) is 0. The molecule has 0 atom stereocenters. The topological polar surface area (TPSA) is 63.7 Å². The molecular weight excluding hydrogens is 258 g/mol. The third-order valence-corrected chi connectivity index (χ3v) is 2.72. The van der Waals surface area contributed by atoms with Crippen molar-refractivity contribution in [2.75, 3.05) is 4.90 Å². The molecule has 2 amide bonds. The van der Waals surface area contributed by atoms with Gasteiger partial charge in [0.15, 0.2) is 0 Å². The van der Waals surface area contributed by atoms with E-state index in [1.54, 1.807) is 38.1 Å². The van der Waals surface area contributed by atoms with E-state index in [1.807, 2.05) is 0 Å². The molecule has 0 saturated carbocycles. The van der Waals surface area contributed by atoms with Crippen LogP contribution in [0.5, 0.6) is 0 Å². The standard InChI is InChI=1S/C15H15NO4/c1-10(2)20-15(19)9-11-3-5-12(6-4-11)16-13(17)7-8-14(16)18/h3-8,10H,9H2,1-2H3. The van der Waals surface area contributed by atoms with Crippen molar-refractivity contribution in [3.8, 4) is 0 Å². The molecule has 5 heteroatoms. The Morgan fingerprint density at radius 1 is 1.10 bits per heavy atom. The van der Waals surface area contributed by atoms with Crippen LogP contribution in [0.2, 0.25) is 0 Å². The molecule has 0 fully saturated rings. The Kier molecular flexibility index (Phi) is 3.98. The monoisotopic (exact) mass is 273 g/mol. The van der Waals surface area contributed by atoms with Gasteiger partial charge in [0.1, 0.15) is 0 Å². The molecular formula is C15H15NO4. The first-order valence-corrected chi connectivity index (χ1v) is 6.32. The Morgan fingerprint density at radius 3 is 2.15 bits per heavy atom. The highest BCUT2D eigenvalue weighted by Crippen LogP contribution is 2.19. The van der Waals surface area contributed by atoms with Gasteiger partial charge in [0.05, 0.1) is 18.2 Å². The van der Waals surface area contributed by atoms with Gasteiger partial charge in [-0.3, -0.25) is 14.4 Å². The third kappa shape index (κ3) is 3.12. The van der Waals surface area contributed by atoms with E-state index in [-0.39, 0.29) is 30.3 Å². The van der Waals surface area contributed by atoms with Gasteiger partial charge in [0, 0.05) is 12.2 Å².